The van der Waals surface area contributed by atoms with Crippen molar-refractivity contribution in [1.82, 2.24) is 10.2 Å². The molecule has 0 amide bonds. The lowest BCUT2D eigenvalue weighted by Gasteiger charge is -2.39. The Morgan fingerprint density at radius 1 is 1.69 bits per heavy atom. The minimum absolute atomic E-state index is 0.295. The molecule has 4 heteroatoms. The van der Waals surface area contributed by atoms with Gasteiger partial charge in [-0.05, 0) is 20.0 Å². The highest BCUT2D eigenvalue weighted by Crippen LogP contribution is 2.38. The van der Waals surface area contributed by atoms with Gasteiger partial charge in [-0.25, -0.2) is 0 Å². The lowest BCUT2D eigenvalue weighted by Crippen LogP contribution is -2.49. The largest absolute Gasteiger partial charge is 0.481 e. The molecule has 0 aromatic carbocycles. The van der Waals surface area contributed by atoms with Crippen LogP contribution < -0.4 is 5.32 Å². The number of aliphatic carboxylic acids is 1. The molecule has 2 fully saturated rings. The van der Waals surface area contributed by atoms with Crippen molar-refractivity contribution < 1.29 is 9.90 Å². The number of hydrogen-bond acceptors (Lipinski definition) is 3. The van der Waals surface area contributed by atoms with E-state index >= 15 is 0 Å². The van der Waals surface area contributed by atoms with Crippen molar-refractivity contribution in [1.29, 1.82) is 0 Å². The summed E-state index contributed by atoms with van der Waals surface area (Å²) in [5.41, 5.74) is -0.466. The first-order chi connectivity index (χ1) is 6.15. The molecule has 2 N–H and O–H groups in total. The van der Waals surface area contributed by atoms with E-state index in [1.807, 2.05) is 0 Å². The number of carbonyl (C=O) groups is 1. The predicted octanol–water partition coefficient (Wildman–Crippen LogP) is -0.388. The Hall–Kier alpha value is -0.610. The molecule has 2 unspecified atom stereocenters. The minimum atomic E-state index is -0.615. The van der Waals surface area contributed by atoms with Crippen LogP contribution in [-0.4, -0.2) is 49.2 Å². The van der Waals surface area contributed by atoms with E-state index in [4.69, 9.17) is 0 Å². The summed E-state index contributed by atoms with van der Waals surface area (Å²) in [5, 5.41) is 12.4. The topological polar surface area (TPSA) is 52.6 Å². The molecular weight excluding hydrogens is 168 g/mol. The van der Waals surface area contributed by atoms with Gasteiger partial charge in [-0.15, -0.1) is 0 Å². The van der Waals surface area contributed by atoms with Gasteiger partial charge in [0.15, 0.2) is 0 Å². The normalized spacial score (nSPS) is 40.2. The summed E-state index contributed by atoms with van der Waals surface area (Å²) in [6, 6.07) is 0. The number of nitrogens with one attached hydrogen (secondary N) is 1. The van der Waals surface area contributed by atoms with Gasteiger partial charge in [-0.3, -0.25) is 4.79 Å². The SMILES string of the molecule is CN1CCC2(C(=O)O)CNCC2C1. The van der Waals surface area contributed by atoms with Crippen LogP contribution in [0.25, 0.3) is 0 Å². The highest BCUT2D eigenvalue weighted by molar-refractivity contribution is 5.76. The molecule has 0 aromatic rings. The van der Waals surface area contributed by atoms with Crippen LogP contribution in [0.15, 0.2) is 0 Å². The lowest BCUT2D eigenvalue weighted by molar-refractivity contribution is -0.153. The van der Waals surface area contributed by atoms with Crippen LogP contribution in [0.4, 0.5) is 0 Å². The second-order valence-electron chi connectivity index (χ2n) is 4.30. The third kappa shape index (κ3) is 1.25. The zero-order chi connectivity index (χ0) is 9.47. The second kappa shape index (κ2) is 2.96. The first-order valence-corrected chi connectivity index (χ1v) is 4.78. The Kier molecular flexibility index (Phi) is 2.04. The lowest BCUT2D eigenvalue weighted by atomic mass is 9.73. The van der Waals surface area contributed by atoms with Gasteiger partial charge in [0.1, 0.15) is 0 Å². The molecule has 0 spiro atoms. The first kappa shape index (κ1) is 8.97. The fourth-order valence-corrected chi connectivity index (χ4v) is 2.56. The zero-order valence-corrected chi connectivity index (χ0v) is 7.92. The predicted molar refractivity (Wildman–Crippen MR) is 48.5 cm³/mol. The van der Waals surface area contributed by atoms with E-state index in [-0.39, 0.29) is 0 Å². The van der Waals surface area contributed by atoms with Gasteiger partial charge in [-0.2, -0.15) is 0 Å². The Morgan fingerprint density at radius 2 is 2.46 bits per heavy atom. The van der Waals surface area contributed by atoms with Gasteiger partial charge in [-0.1, -0.05) is 0 Å². The molecule has 0 radical (unpaired) electrons. The number of nitrogens with zero attached hydrogens (tertiary/aromatic N) is 1. The second-order valence-corrected chi connectivity index (χ2v) is 4.30. The Labute approximate surface area is 77.9 Å². The maximum absolute atomic E-state index is 11.2. The molecular formula is C9H16N2O2. The molecule has 2 heterocycles. The van der Waals surface area contributed by atoms with Gasteiger partial charge < -0.3 is 15.3 Å². The van der Waals surface area contributed by atoms with Crippen molar-refractivity contribution in [3.63, 3.8) is 0 Å². The van der Waals surface area contributed by atoms with Crippen LogP contribution in [-0.2, 0) is 4.79 Å². The molecule has 2 aliphatic rings. The molecule has 2 rings (SSSR count). The monoisotopic (exact) mass is 184 g/mol. The van der Waals surface area contributed by atoms with E-state index in [2.05, 4.69) is 17.3 Å². The van der Waals surface area contributed by atoms with Gasteiger partial charge in [0, 0.05) is 25.6 Å². The van der Waals surface area contributed by atoms with E-state index in [0.717, 1.165) is 26.1 Å². The number of carboxylic acids is 1. The van der Waals surface area contributed by atoms with Crippen LogP contribution in [0.1, 0.15) is 6.42 Å². The smallest absolute Gasteiger partial charge is 0.311 e. The van der Waals surface area contributed by atoms with Crippen molar-refractivity contribution in [2.75, 3.05) is 33.2 Å². The van der Waals surface area contributed by atoms with Crippen LogP contribution >= 0.6 is 0 Å². The van der Waals surface area contributed by atoms with Gasteiger partial charge >= 0.3 is 5.97 Å². The van der Waals surface area contributed by atoms with E-state index < -0.39 is 11.4 Å². The molecule has 0 bridgehead atoms. The van der Waals surface area contributed by atoms with Gasteiger partial charge in [0.25, 0.3) is 0 Å². The Morgan fingerprint density at radius 3 is 3.15 bits per heavy atom. The summed E-state index contributed by atoms with van der Waals surface area (Å²) in [5.74, 6) is -0.320. The Bertz CT molecular complexity index is 232. The maximum Gasteiger partial charge on any atom is 0.311 e. The van der Waals surface area contributed by atoms with E-state index in [1.54, 1.807) is 0 Å². The van der Waals surface area contributed by atoms with Crippen LogP contribution in [0.2, 0.25) is 0 Å². The molecule has 2 atom stereocenters. The van der Waals surface area contributed by atoms with E-state index in [0.29, 0.717) is 12.5 Å². The van der Waals surface area contributed by atoms with Gasteiger partial charge in [0.2, 0.25) is 0 Å². The Balaban J connectivity index is 2.20. The van der Waals surface area contributed by atoms with Crippen molar-refractivity contribution in [3.05, 3.63) is 0 Å². The summed E-state index contributed by atoms with van der Waals surface area (Å²) in [6.45, 7) is 3.33. The fraction of sp³-hybridized carbons (Fsp3) is 0.889. The van der Waals surface area contributed by atoms with Crippen molar-refractivity contribution in [2.45, 2.75) is 6.42 Å². The summed E-state index contributed by atoms with van der Waals surface area (Å²) in [7, 11) is 2.06. The first-order valence-electron chi connectivity index (χ1n) is 4.78. The van der Waals surface area contributed by atoms with Crippen molar-refractivity contribution in [2.24, 2.45) is 11.3 Å². The van der Waals surface area contributed by atoms with Crippen LogP contribution in [0.3, 0.4) is 0 Å². The third-order valence-corrected chi connectivity index (χ3v) is 3.51. The van der Waals surface area contributed by atoms with E-state index in [9.17, 15) is 9.90 Å². The molecule has 13 heavy (non-hydrogen) atoms. The number of carboxylic acid groups (broad SMARTS) is 1. The summed E-state index contributed by atoms with van der Waals surface area (Å²) in [4.78, 5) is 13.4. The number of hydrogen-bond donors (Lipinski definition) is 2. The highest BCUT2D eigenvalue weighted by Gasteiger charge is 2.51. The average Bonchev–Trinajstić information content (AvgIpc) is 2.48. The zero-order valence-electron chi connectivity index (χ0n) is 7.92. The summed E-state index contributed by atoms with van der Waals surface area (Å²) in [6.07, 6.45) is 0.788. The highest BCUT2D eigenvalue weighted by atomic mass is 16.4. The summed E-state index contributed by atoms with van der Waals surface area (Å²) < 4.78 is 0. The number of fused-ring (bicyclic) bond motifs is 1. The number of likely N-dealkylation sites (tertiary alicyclic amines) is 1. The van der Waals surface area contributed by atoms with Crippen molar-refractivity contribution >= 4 is 5.97 Å². The standard InChI is InChI=1S/C9H16N2O2/c1-11-3-2-9(8(12)13)6-10-4-7(9)5-11/h7,10H,2-6H2,1H3,(H,12,13). The van der Waals surface area contributed by atoms with Crippen LogP contribution in [0.5, 0.6) is 0 Å². The fourth-order valence-electron chi connectivity index (χ4n) is 2.56. The molecule has 2 saturated heterocycles. The molecule has 4 nitrogen and oxygen atoms in total. The van der Waals surface area contributed by atoms with E-state index in [1.165, 1.54) is 0 Å². The van der Waals surface area contributed by atoms with Crippen molar-refractivity contribution in [3.8, 4) is 0 Å². The minimum Gasteiger partial charge on any atom is -0.481 e. The average molecular weight is 184 g/mol. The summed E-state index contributed by atoms with van der Waals surface area (Å²) >= 11 is 0. The quantitative estimate of drug-likeness (QED) is 0.583. The van der Waals surface area contributed by atoms with Crippen LogP contribution in [0, 0.1) is 11.3 Å². The molecule has 2 aliphatic heterocycles. The number of piperidine rings is 1. The third-order valence-electron chi connectivity index (χ3n) is 3.51. The maximum atomic E-state index is 11.2. The molecule has 0 saturated carbocycles. The molecule has 0 aromatic heterocycles. The van der Waals surface area contributed by atoms with Gasteiger partial charge in [0.05, 0.1) is 5.41 Å². The molecule has 74 valence electrons. The molecule has 0 aliphatic carbocycles. The number of rotatable bonds is 1.